The van der Waals surface area contributed by atoms with Gasteiger partial charge in [0.15, 0.2) is 5.78 Å². The number of ether oxygens (including phenoxy) is 2. The highest BCUT2D eigenvalue weighted by molar-refractivity contribution is 6.03. The number of aryl methyl sites for hydroxylation is 1. The highest BCUT2D eigenvalue weighted by Crippen LogP contribution is 2.32. The molecule has 156 valence electrons. The van der Waals surface area contributed by atoms with E-state index in [4.69, 9.17) is 9.47 Å². The summed E-state index contributed by atoms with van der Waals surface area (Å²) >= 11 is 0. The van der Waals surface area contributed by atoms with Crippen LogP contribution in [0.4, 0.5) is 0 Å². The van der Waals surface area contributed by atoms with Crippen molar-refractivity contribution < 1.29 is 19.1 Å². The second-order valence-corrected chi connectivity index (χ2v) is 7.64. The molecule has 29 heavy (non-hydrogen) atoms. The summed E-state index contributed by atoms with van der Waals surface area (Å²) in [5, 5.41) is 0. The van der Waals surface area contributed by atoms with Gasteiger partial charge in [0.25, 0.3) is 0 Å². The summed E-state index contributed by atoms with van der Waals surface area (Å²) in [7, 11) is 1.65. The largest absolute Gasteiger partial charge is 0.497 e. The molecule has 6 heteroatoms. The zero-order valence-corrected chi connectivity index (χ0v) is 17.9. The predicted octanol–water partition coefficient (Wildman–Crippen LogP) is 4.05. The van der Waals surface area contributed by atoms with Gasteiger partial charge in [-0.2, -0.15) is 0 Å². The van der Waals surface area contributed by atoms with Crippen LogP contribution in [0, 0.1) is 13.8 Å². The lowest BCUT2D eigenvalue weighted by molar-refractivity contribution is 0.0525. The van der Waals surface area contributed by atoms with Gasteiger partial charge >= 0.3 is 5.97 Å². The number of nitrogens with one attached hydrogen (secondary N) is 1. The number of carbonyl (C=O) groups is 2. The normalized spacial score (nSPS) is 14.7. The fourth-order valence-electron chi connectivity index (χ4n) is 3.80. The minimum Gasteiger partial charge on any atom is -0.497 e. The van der Waals surface area contributed by atoms with Crippen molar-refractivity contribution in [3.8, 4) is 5.75 Å². The number of hydrogen-bond donors (Lipinski definition) is 1. The molecule has 1 aromatic heterocycles. The number of aromatic amines is 1. The van der Waals surface area contributed by atoms with Crippen LogP contribution in [0.5, 0.6) is 5.75 Å². The fourth-order valence-corrected chi connectivity index (χ4v) is 3.80. The van der Waals surface area contributed by atoms with Crippen LogP contribution < -0.4 is 4.74 Å². The van der Waals surface area contributed by atoms with Crippen LogP contribution in [0.2, 0.25) is 0 Å². The zero-order valence-electron chi connectivity index (χ0n) is 17.9. The van der Waals surface area contributed by atoms with Crippen LogP contribution in [0.25, 0.3) is 0 Å². The van der Waals surface area contributed by atoms with Crippen LogP contribution in [-0.4, -0.2) is 47.4 Å². The molecule has 6 nitrogen and oxygen atoms in total. The molecular formula is C23H30N2O4. The Morgan fingerprint density at radius 2 is 1.86 bits per heavy atom. The lowest BCUT2D eigenvalue weighted by Gasteiger charge is -2.28. The minimum absolute atomic E-state index is 0.00144. The molecule has 1 aliphatic carbocycles. The molecule has 3 rings (SSSR count). The number of methoxy groups -OCH3 is 1. The summed E-state index contributed by atoms with van der Waals surface area (Å²) < 4.78 is 10.4. The maximum atomic E-state index is 13.3. The zero-order chi connectivity index (χ0) is 21.1. The third-order valence-electron chi connectivity index (χ3n) is 5.58. The number of ketones is 1. The number of nitrogens with zero attached hydrogens (tertiary/aromatic N) is 1. The Morgan fingerprint density at radius 1 is 1.21 bits per heavy atom. The first-order chi connectivity index (χ1) is 13.9. The molecule has 1 N–H and O–H groups in total. The summed E-state index contributed by atoms with van der Waals surface area (Å²) in [6, 6.07) is 8.07. The molecule has 1 fully saturated rings. The lowest BCUT2D eigenvalue weighted by Crippen LogP contribution is -2.40. The van der Waals surface area contributed by atoms with Crippen molar-refractivity contribution in [2.45, 2.75) is 59.2 Å². The Morgan fingerprint density at radius 3 is 2.41 bits per heavy atom. The average Bonchev–Trinajstić information content (AvgIpc) is 3.50. The Bertz CT molecular complexity index is 881. The summed E-state index contributed by atoms with van der Waals surface area (Å²) in [6.45, 7) is 8.34. The smallest absolute Gasteiger partial charge is 0.340 e. The number of carbonyl (C=O) groups excluding carboxylic acids is 2. The SMILES string of the molecule is CCOC(=O)c1c(C)[nH]c(C(=O)[C@@H](C)N(Cc2ccc(OC)cc2)C2CC2)c1C. The van der Waals surface area contributed by atoms with Crippen molar-refractivity contribution in [2.24, 2.45) is 0 Å². The molecule has 0 spiro atoms. The number of H-pyrrole nitrogens is 1. The maximum Gasteiger partial charge on any atom is 0.340 e. The molecule has 0 bridgehead atoms. The minimum atomic E-state index is -0.386. The molecule has 0 radical (unpaired) electrons. The van der Waals surface area contributed by atoms with Gasteiger partial charge in [0, 0.05) is 18.3 Å². The quantitative estimate of drug-likeness (QED) is 0.510. The van der Waals surface area contributed by atoms with Gasteiger partial charge < -0.3 is 14.5 Å². The maximum absolute atomic E-state index is 13.3. The monoisotopic (exact) mass is 398 g/mol. The van der Waals surface area contributed by atoms with E-state index in [9.17, 15) is 9.59 Å². The Kier molecular flexibility index (Phi) is 6.42. The number of Topliss-reactive ketones (excluding diaryl/α,β-unsaturated/α-hetero) is 1. The van der Waals surface area contributed by atoms with Gasteiger partial charge in [0.05, 0.1) is 31.0 Å². The van der Waals surface area contributed by atoms with Crippen molar-refractivity contribution in [3.05, 3.63) is 52.3 Å². The van der Waals surface area contributed by atoms with E-state index < -0.39 is 0 Å². The number of aromatic nitrogens is 1. The van der Waals surface area contributed by atoms with Crippen LogP contribution in [0.15, 0.2) is 24.3 Å². The van der Waals surface area contributed by atoms with Crippen molar-refractivity contribution in [3.63, 3.8) is 0 Å². The fraction of sp³-hybridized carbons (Fsp3) is 0.478. The predicted molar refractivity (Wildman–Crippen MR) is 112 cm³/mol. The summed E-state index contributed by atoms with van der Waals surface area (Å²) in [4.78, 5) is 31.0. The molecule has 0 unspecified atom stereocenters. The van der Waals surface area contributed by atoms with Crippen molar-refractivity contribution in [1.82, 2.24) is 9.88 Å². The van der Waals surface area contributed by atoms with Crippen LogP contribution in [0.1, 0.15) is 64.4 Å². The van der Waals surface area contributed by atoms with Crippen molar-refractivity contribution in [2.75, 3.05) is 13.7 Å². The Balaban J connectivity index is 1.81. The number of esters is 1. The van der Waals surface area contributed by atoms with E-state index in [-0.39, 0.29) is 17.8 Å². The van der Waals surface area contributed by atoms with Gasteiger partial charge in [-0.25, -0.2) is 4.79 Å². The average molecular weight is 399 g/mol. The summed E-state index contributed by atoms with van der Waals surface area (Å²) in [5.41, 5.74) is 3.44. The third kappa shape index (κ3) is 4.53. The van der Waals surface area contributed by atoms with E-state index in [1.54, 1.807) is 27.9 Å². The van der Waals surface area contributed by atoms with Gasteiger partial charge in [-0.15, -0.1) is 0 Å². The first kappa shape index (κ1) is 21.1. The summed E-state index contributed by atoms with van der Waals surface area (Å²) in [5.74, 6) is 0.434. The third-order valence-corrected chi connectivity index (χ3v) is 5.58. The second-order valence-electron chi connectivity index (χ2n) is 7.64. The highest BCUT2D eigenvalue weighted by atomic mass is 16.5. The van der Waals surface area contributed by atoms with Gasteiger partial charge in [0.2, 0.25) is 0 Å². The standard InChI is InChI=1S/C23H30N2O4/c1-6-29-23(27)20-14(2)21(24-15(20)3)22(26)16(4)25(18-9-10-18)13-17-7-11-19(28-5)12-8-17/h7-8,11-12,16,18,24H,6,9-10,13H2,1-5H3/t16-/m1/s1. The van der Waals surface area contributed by atoms with Crippen molar-refractivity contribution >= 4 is 11.8 Å². The second kappa shape index (κ2) is 8.82. The molecule has 1 aromatic carbocycles. The van der Waals surface area contributed by atoms with Crippen LogP contribution >= 0.6 is 0 Å². The Hall–Kier alpha value is -2.60. The van der Waals surface area contributed by atoms with Crippen LogP contribution in [0.3, 0.4) is 0 Å². The molecular weight excluding hydrogens is 368 g/mol. The molecule has 1 saturated carbocycles. The molecule has 1 heterocycles. The van der Waals surface area contributed by atoms with E-state index in [2.05, 4.69) is 9.88 Å². The van der Waals surface area contributed by atoms with Gasteiger partial charge in [-0.05, 0) is 63.8 Å². The van der Waals surface area contributed by atoms with Crippen molar-refractivity contribution in [1.29, 1.82) is 0 Å². The van der Waals surface area contributed by atoms with E-state index in [1.807, 2.05) is 31.2 Å². The van der Waals surface area contributed by atoms with E-state index in [0.29, 0.717) is 41.7 Å². The van der Waals surface area contributed by atoms with Crippen LogP contribution in [-0.2, 0) is 11.3 Å². The first-order valence-corrected chi connectivity index (χ1v) is 10.2. The molecule has 1 aliphatic rings. The Labute approximate surface area is 172 Å². The number of hydrogen-bond acceptors (Lipinski definition) is 5. The first-order valence-electron chi connectivity index (χ1n) is 10.2. The van der Waals surface area contributed by atoms with E-state index in [1.165, 1.54) is 0 Å². The molecule has 0 amide bonds. The summed E-state index contributed by atoms with van der Waals surface area (Å²) in [6.07, 6.45) is 2.20. The lowest BCUT2D eigenvalue weighted by atomic mass is 10.0. The highest BCUT2D eigenvalue weighted by Gasteiger charge is 2.36. The van der Waals surface area contributed by atoms with Gasteiger partial charge in [-0.3, -0.25) is 9.69 Å². The molecule has 0 aliphatic heterocycles. The molecule has 0 saturated heterocycles. The number of rotatable bonds is 9. The topological polar surface area (TPSA) is 71.6 Å². The number of benzene rings is 1. The molecule has 1 atom stereocenters. The van der Waals surface area contributed by atoms with Gasteiger partial charge in [0.1, 0.15) is 5.75 Å². The van der Waals surface area contributed by atoms with Gasteiger partial charge in [-0.1, -0.05) is 12.1 Å². The molecule has 2 aromatic rings. The van der Waals surface area contributed by atoms with E-state index >= 15 is 0 Å². The van der Waals surface area contributed by atoms with E-state index in [0.717, 1.165) is 24.2 Å².